The Morgan fingerprint density at radius 2 is 2.00 bits per heavy atom. The van der Waals surface area contributed by atoms with Gasteiger partial charge in [0.05, 0.1) is 17.0 Å². The van der Waals surface area contributed by atoms with Crippen LogP contribution >= 0.6 is 0 Å². The number of nitrogens with one attached hydrogen (secondary N) is 2. The minimum atomic E-state index is -3.81. The van der Waals surface area contributed by atoms with E-state index in [0.717, 1.165) is 6.42 Å². The van der Waals surface area contributed by atoms with E-state index in [1.807, 2.05) is 6.92 Å². The van der Waals surface area contributed by atoms with Crippen LogP contribution in [0.25, 0.3) is 0 Å². The summed E-state index contributed by atoms with van der Waals surface area (Å²) in [7, 11) is -3.81. The van der Waals surface area contributed by atoms with Crippen LogP contribution in [0.15, 0.2) is 29.2 Å². The second-order valence-corrected chi connectivity index (χ2v) is 6.60. The van der Waals surface area contributed by atoms with Crippen LogP contribution in [-0.4, -0.2) is 32.0 Å². The maximum Gasteiger partial charge on any atom is 0.241 e. The Labute approximate surface area is 125 Å². The number of hydrogen-bond donors (Lipinski definition) is 3. The second kappa shape index (κ2) is 7.53. The summed E-state index contributed by atoms with van der Waals surface area (Å²) in [5, 5.41) is 12.1. The molecular weight excluding hydrogens is 292 g/mol. The molecule has 0 aromatic heterocycles. The van der Waals surface area contributed by atoms with Crippen LogP contribution in [0.2, 0.25) is 0 Å². The Morgan fingerprint density at radius 1 is 1.33 bits per heavy atom. The van der Waals surface area contributed by atoms with Crippen LogP contribution in [0.4, 0.5) is 0 Å². The first-order valence-corrected chi connectivity index (χ1v) is 8.34. The van der Waals surface area contributed by atoms with Gasteiger partial charge in [-0.1, -0.05) is 19.1 Å². The van der Waals surface area contributed by atoms with Gasteiger partial charge in [-0.2, -0.15) is 4.72 Å². The standard InChI is InChI=1S/C14H22N2O4S/c1-4-8-15-14(18)10(2)16-21(19,20)13-7-5-6-12(9-13)11(3)17/h5-7,9-11,16-17H,4,8H2,1-3H3,(H,15,18). The molecule has 21 heavy (non-hydrogen) atoms. The summed E-state index contributed by atoms with van der Waals surface area (Å²) in [6, 6.07) is 5.14. The smallest absolute Gasteiger partial charge is 0.241 e. The molecule has 1 rings (SSSR count). The molecule has 0 aliphatic rings. The van der Waals surface area contributed by atoms with E-state index in [2.05, 4.69) is 10.0 Å². The summed E-state index contributed by atoms with van der Waals surface area (Å²) >= 11 is 0. The normalized spacial score (nSPS) is 14.5. The van der Waals surface area contributed by atoms with E-state index >= 15 is 0 Å². The molecule has 118 valence electrons. The summed E-state index contributed by atoms with van der Waals surface area (Å²) in [6.07, 6.45) is 0.0205. The average molecular weight is 314 g/mol. The zero-order chi connectivity index (χ0) is 16.0. The maximum atomic E-state index is 12.2. The molecule has 2 atom stereocenters. The number of sulfonamides is 1. The zero-order valence-electron chi connectivity index (χ0n) is 12.5. The molecule has 0 fully saturated rings. The van der Waals surface area contributed by atoms with Crippen molar-refractivity contribution >= 4 is 15.9 Å². The number of aliphatic hydroxyl groups excluding tert-OH is 1. The van der Waals surface area contributed by atoms with Crippen LogP contribution in [-0.2, 0) is 14.8 Å². The maximum absolute atomic E-state index is 12.2. The van der Waals surface area contributed by atoms with Gasteiger partial charge in [0.15, 0.2) is 0 Å². The molecular formula is C14H22N2O4S. The van der Waals surface area contributed by atoms with Gasteiger partial charge in [0.1, 0.15) is 0 Å². The predicted molar refractivity (Wildman–Crippen MR) is 80.2 cm³/mol. The van der Waals surface area contributed by atoms with Crippen LogP contribution in [0, 0.1) is 0 Å². The SMILES string of the molecule is CCCNC(=O)C(C)NS(=O)(=O)c1cccc(C(C)O)c1. The van der Waals surface area contributed by atoms with E-state index in [0.29, 0.717) is 12.1 Å². The third kappa shape index (κ3) is 5.11. The molecule has 0 aliphatic heterocycles. The number of benzene rings is 1. The van der Waals surface area contributed by atoms with Crippen molar-refractivity contribution in [1.29, 1.82) is 0 Å². The third-order valence-electron chi connectivity index (χ3n) is 2.93. The van der Waals surface area contributed by atoms with Crippen LogP contribution in [0.1, 0.15) is 38.9 Å². The Morgan fingerprint density at radius 3 is 2.57 bits per heavy atom. The Bertz CT molecular complexity index is 584. The lowest BCUT2D eigenvalue weighted by Crippen LogP contribution is -2.44. The minimum absolute atomic E-state index is 0.0241. The highest BCUT2D eigenvalue weighted by Crippen LogP contribution is 2.17. The van der Waals surface area contributed by atoms with Crippen molar-refractivity contribution in [2.75, 3.05) is 6.54 Å². The molecule has 0 radical (unpaired) electrons. The molecule has 3 N–H and O–H groups in total. The van der Waals surface area contributed by atoms with Gasteiger partial charge < -0.3 is 10.4 Å². The summed E-state index contributed by atoms with van der Waals surface area (Å²) in [5.74, 6) is -0.368. The molecule has 0 spiro atoms. The fourth-order valence-corrected chi connectivity index (χ4v) is 2.95. The predicted octanol–water partition coefficient (Wildman–Crippen LogP) is 0.933. The van der Waals surface area contributed by atoms with E-state index in [9.17, 15) is 18.3 Å². The van der Waals surface area contributed by atoms with Crippen molar-refractivity contribution in [1.82, 2.24) is 10.0 Å². The lowest BCUT2D eigenvalue weighted by atomic mass is 10.1. The highest BCUT2D eigenvalue weighted by atomic mass is 32.2. The topological polar surface area (TPSA) is 95.5 Å². The molecule has 1 aromatic carbocycles. The second-order valence-electron chi connectivity index (χ2n) is 4.88. The fourth-order valence-electron chi connectivity index (χ4n) is 1.70. The van der Waals surface area contributed by atoms with E-state index in [1.165, 1.54) is 19.1 Å². The molecule has 0 saturated heterocycles. The summed E-state index contributed by atoms with van der Waals surface area (Å²) in [5.41, 5.74) is 0.501. The molecule has 0 heterocycles. The monoisotopic (exact) mass is 314 g/mol. The molecule has 0 saturated carbocycles. The van der Waals surface area contributed by atoms with Crippen molar-refractivity contribution < 1.29 is 18.3 Å². The minimum Gasteiger partial charge on any atom is -0.389 e. The van der Waals surface area contributed by atoms with Gasteiger partial charge in [-0.05, 0) is 38.0 Å². The first-order chi connectivity index (χ1) is 9.77. The van der Waals surface area contributed by atoms with Crippen LogP contribution < -0.4 is 10.0 Å². The average Bonchev–Trinajstić information content (AvgIpc) is 2.44. The summed E-state index contributed by atoms with van der Waals surface area (Å²) in [6.45, 7) is 5.46. The fraction of sp³-hybridized carbons (Fsp3) is 0.500. The van der Waals surface area contributed by atoms with E-state index in [1.54, 1.807) is 19.1 Å². The molecule has 1 amide bonds. The van der Waals surface area contributed by atoms with Crippen molar-refractivity contribution in [3.05, 3.63) is 29.8 Å². The van der Waals surface area contributed by atoms with Crippen molar-refractivity contribution in [3.8, 4) is 0 Å². The highest BCUT2D eigenvalue weighted by molar-refractivity contribution is 7.89. The molecule has 0 aliphatic carbocycles. The molecule has 0 bridgehead atoms. The lowest BCUT2D eigenvalue weighted by Gasteiger charge is -2.15. The number of amides is 1. The van der Waals surface area contributed by atoms with Crippen molar-refractivity contribution in [2.24, 2.45) is 0 Å². The van der Waals surface area contributed by atoms with Crippen LogP contribution in [0.3, 0.4) is 0 Å². The first-order valence-electron chi connectivity index (χ1n) is 6.86. The number of carbonyl (C=O) groups is 1. The molecule has 7 heteroatoms. The quantitative estimate of drug-likeness (QED) is 0.698. The van der Waals surface area contributed by atoms with E-state index in [4.69, 9.17) is 0 Å². The largest absolute Gasteiger partial charge is 0.389 e. The third-order valence-corrected chi connectivity index (χ3v) is 4.46. The Hall–Kier alpha value is -1.44. The van der Waals surface area contributed by atoms with E-state index < -0.39 is 22.2 Å². The molecule has 2 unspecified atom stereocenters. The van der Waals surface area contributed by atoms with Gasteiger partial charge in [-0.15, -0.1) is 0 Å². The van der Waals surface area contributed by atoms with Crippen molar-refractivity contribution in [3.63, 3.8) is 0 Å². The summed E-state index contributed by atoms with van der Waals surface area (Å²) < 4.78 is 26.8. The van der Waals surface area contributed by atoms with Crippen molar-refractivity contribution in [2.45, 2.75) is 44.2 Å². The van der Waals surface area contributed by atoms with Gasteiger partial charge in [-0.25, -0.2) is 8.42 Å². The summed E-state index contributed by atoms with van der Waals surface area (Å²) in [4.78, 5) is 11.7. The molecule has 1 aromatic rings. The lowest BCUT2D eigenvalue weighted by molar-refractivity contribution is -0.122. The van der Waals surface area contributed by atoms with E-state index in [-0.39, 0.29) is 10.8 Å². The van der Waals surface area contributed by atoms with Crippen LogP contribution in [0.5, 0.6) is 0 Å². The van der Waals surface area contributed by atoms with Gasteiger partial charge in [0.25, 0.3) is 0 Å². The zero-order valence-corrected chi connectivity index (χ0v) is 13.3. The van der Waals surface area contributed by atoms with Gasteiger partial charge in [-0.3, -0.25) is 4.79 Å². The Balaban J connectivity index is 2.86. The van der Waals surface area contributed by atoms with Gasteiger partial charge >= 0.3 is 0 Å². The van der Waals surface area contributed by atoms with Gasteiger partial charge in [0, 0.05) is 6.54 Å². The highest BCUT2D eigenvalue weighted by Gasteiger charge is 2.22. The van der Waals surface area contributed by atoms with Gasteiger partial charge in [0.2, 0.25) is 15.9 Å². The molecule has 6 nitrogen and oxygen atoms in total. The number of aliphatic hydroxyl groups is 1. The Kier molecular flexibility index (Phi) is 6.32. The number of carbonyl (C=O) groups excluding carboxylic acids is 1. The number of hydrogen-bond acceptors (Lipinski definition) is 4. The first kappa shape index (κ1) is 17.6. The number of rotatable bonds is 7.